The maximum atomic E-state index is 12.2. The highest BCUT2D eigenvalue weighted by atomic mass is 16.1. The lowest BCUT2D eigenvalue weighted by atomic mass is 9.81. The first-order valence-corrected chi connectivity index (χ1v) is 7.89. The summed E-state index contributed by atoms with van der Waals surface area (Å²) in [6.45, 7) is 7.21. The number of nitrogens with zero attached hydrogens (tertiary/aromatic N) is 2. The van der Waals surface area contributed by atoms with Crippen molar-refractivity contribution in [2.45, 2.75) is 58.9 Å². The van der Waals surface area contributed by atoms with E-state index < -0.39 is 0 Å². The zero-order valence-electron chi connectivity index (χ0n) is 12.9. The van der Waals surface area contributed by atoms with E-state index in [-0.39, 0.29) is 11.6 Å². The van der Waals surface area contributed by atoms with Gasteiger partial charge in [-0.25, -0.2) is 4.98 Å². The van der Waals surface area contributed by atoms with E-state index in [1.807, 2.05) is 13.8 Å². The number of hydrogen-bond acceptors (Lipinski definition) is 3. The minimum atomic E-state index is -0.0141. The number of hydrogen-bond donors (Lipinski definition) is 1. The molecule has 1 fully saturated rings. The lowest BCUT2D eigenvalue weighted by Crippen LogP contribution is -2.26. The number of aromatic nitrogens is 2. The lowest BCUT2D eigenvalue weighted by Gasteiger charge is -2.26. The van der Waals surface area contributed by atoms with E-state index >= 15 is 0 Å². The van der Waals surface area contributed by atoms with Crippen molar-refractivity contribution < 1.29 is 0 Å². The molecule has 1 heterocycles. The third-order valence-corrected chi connectivity index (χ3v) is 4.40. The van der Waals surface area contributed by atoms with Crippen LogP contribution in [0.5, 0.6) is 0 Å². The van der Waals surface area contributed by atoms with Gasteiger partial charge in [0.05, 0.1) is 0 Å². The minimum Gasteiger partial charge on any atom is -0.365 e. The van der Waals surface area contributed by atoms with E-state index in [0.29, 0.717) is 5.82 Å². The molecule has 0 bridgehead atoms. The Hall–Kier alpha value is -1.32. The van der Waals surface area contributed by atoms with Crippen LogP contribution in [0.25, 0.3) is 0 Å². The second-order valence-electron chi connectivity index (χ2n) is 6.42. The number of rotatable bonds is 5. The van der Waals surface area contributed by atoms with Gasteiger partial charge in [-0.15, -0.1) is 0 Å². The van der Waals surface area contributed by atoms with Crippen molar-refractivity contribution in [3.05, 3.63) is 22.7 Å². The molecule has 0 aliphatic heterocycles. The summed E-state index contributed by atoms with van der Waals surface area (Å²) in [4.78, 5) is 16.3. The van der Waals surface area contributed by atoms with Gasteiger partial charge in [-0.3, -0.25) is 4.79 Å². The molecule has 4 heteroatoms. The molecule has 0 aromatic carbocycles. The average Bonchev–Trinajstić information content (AvgIpc) is 2.42. The molecule has 1 aromatic heterocycles. The topological polar surface area (TPSA) is 46.9 Å². The molecule has 0 radical (unpaired) electrons. The molecule has 0 amide bonds. The Morgan fingerprint density at radius 2 is 2.05 bits per heavy atom. The summed E-state index contributed by atoms with van der Waals surface area (Å²) >= 11 is 0. The first-order chi connectivity index (χ1) is 9.58. The molecule has 1 N–H and O–H groups in total. The molecule has 0 atom stereocenters. The summed E-state index contributed by atoms with van der Waals surface area (Å²) in [5.41, 5.74) is -0.0141. The highest BCUT2D eigenvalue weighted by molar-refractivity contribution is 5.30. The predicted molar refractivity (Wildman–Crippen MR) is 83.1 cm³/mol. The molecule has 20 heavy (non-hydrogen) atoms. The third-order valence-electron chi connectivity index (χ3n) is 4.40. The van der Waals surface area contributed by atoms with Crippen LogP contribution in [0.4, 0.5) is 5.82 Å². The van der Waals surface area contributed by atoms with Gasteiger partial charge in [-0.2, -0.15) is 0 Å². The van der Waals surface area contributed by atoms with Crippen LogP contribution < -0.4 is 10.9 Å². The van der Waals surface area contributed by atoms with Gasteiger partial charge in [0.15, 0.2) is 5.82 Å². The van der Waals surface area contributed by atoms with E-state index in [0.717, 1.165) is 24.8 Å². The number of anilines is 1. The van der Waals surface area contributed by atoms with E-state index in [1.54, 1.807) is 17.0 Å². The Kier molecular flexibility index (Phi) is 5.21. The van der Waals surface area contributed by atoms with E-state index in [1.165, 1.54) is 25.7 Å². The molecule has 1 aliphatic rings. The van der Waals surface area contributed by atoms with Crippen molar-refractivity contribution in [1.29, 1.82) is 0 Å². The van der Waals surface area contributed by atoms with Crippen LogP contribution in [0, 0.1) is 11.8 Å². The van der Waals surface area contributed by atoms with E-state index in [9.17, 15) is 4.79 Å². The zero-order valence-corrected chi connectivity index (χ0v) is 12.9. The predicted octanol–water partition coefficient (Wildman–Crippen LogP) is 3.45. The molecule has 4 nitrogen and oxygen atoms in total. The van der Waals surface area contributed by atoms with Crippen LogP contribution >= 0.6 is 0 Å². The molecule has 2 rings (SSSR count). The Bertz CT molecular complexity index is 473. The summed E-state index contributed by atoms with van der Waals surface area (Å²) in [7, 11) is 0. The first kappa shape index (κ1) is 15.1. The minimum absolute atomic E-state index is 0.0141. The largest absolute Gasteiger partial charge is 0.365 e. The highest BCUT2D eigenvalue weighted by Crippen LogP contribution is 2.30. The van der Waals surface area contributed by atoms with Crippen LogP contribution in [0.1, 0.15) is 58.9 Å². The summed E-state index contributed by atoms with van der Waals surface area (Å²) < 4.78 is 1.72. The molecule has 0 saturated heterocycles. The molecule has 1 aliphatic carbocycles. The van der Waals surface area contributed by atoms with Crippen LogP contribution in [0.2, 0.25) is 0 Å². The smallest absolute Gasteiger partial charge is 0.293 e. The van der Waals surface area contributed by atoms with Crippen LogP contribution in [0.3, 0.4) is 0 Å². The molecular formula is C16H27N3O. The molecule has 0 unspecified atom stereocenters. The Balaban J connectivity index is 1.85. The maximum Gasteiger partial charge on any atom is 0.293 e. The van der Waals surface area contributed by atoms with Gasteiger partial charge in [0.2, 0.25) is 0 Å². The normalized spacial score (nSPS) is 23.0. The van der Waals surface area contributed by atoms with Crippen molar-refractivity contribution in [1.82, 2.24) is 9.55 Å². The molecule has 1 saturated carbocycles. The highest BCUT2D eigenvalue weighted by Gasteiger charge is 2.17. The fourth-order valence-corrected chi connectivity index (χ4v) is 2.97. The standard InChI is InChI=1S/C16H27N3O/c1-12(2)19-11-10-18-15(16(19)20)17-9-8-14-6-4-13(3)5-7-14/h10-14H,4-9H2,1-3H3,(H,17,18). The SMILES string of the molecule is CC1CCC(CCNc2nccn(C(C)C)c2=O)CC1. The Labute approximate surface area is 121 Å². The zero-order chi connectivity index (χ0) is 14.5. The van der Waals surface area contributed by atoms with Crippen LogP contribution in [-0.2, 0) is 0 Å². The summed E-state index contributed by atoms with van der Waals surface area (Å²) in [5, 5.41) is 3.22. The van der Waals surface area contributed by atoms with Gasteiger partial charge >= 0.3 is 0 Å². The lowest BCUT2D eigenvalue weighted by molar-refractivity contribution is 0.282. The fourth-order valence-electron chi connectivity index (χ4n) is 2.97. The van der Waals surface area contributed by atoms with Gasteiger partial charge in [0, 0.05) is 25.0 Å². The molecule has 112 valence electrons. The van der Waals surface area contributed by atoms with Gasteiger partial charge in [0.1, 0.15) is 0 Å². The van der Waals surface area contributed by atoms with Crippen molar-refractivity contribution in [3.8, 4) is 0 Å². The van der Waals surface area contributed by atoms with Gasteiger partial charge in [-0.05, 0) is 32.1 Å². The molecule has 1 aromatic rings. The van der Waals surface area contributed by atoms with Gasteiger partial charge < -0.3 is 9.88 Å². The second kappa shape index (κ2) is 6.91. The van der Waals surface area contributed by atoms with Crippen molar-refractivity contribution in [3.63, 3.8) is 0 Å². The van der Waals surface area contributed by atoms with E-state index in [2.05, 4.69) is 17.2 Å². The molecule has 0 spiro atoms. The van der Waals surface area contributed by atoms with Crippen molar-refractivity contribution in [2.75, 3.05) is 11.9 Å². The van der Waals surface area contributed by atoms with Crippen molar-refractivity contribution >= 4 is 5.82 Å². The monoisotopic (exact) mass is 277 g/mol. The summed E-state index contributed by atoms with van der Waals surface area (Å²) in [6, 6.07) is 0.172. The third kappa shape index (κ3) is 3.84. The second-order valence-corrected chi connectivity index (χ2v) is 6.42. The first-order valence-electron chi connectivity index (χ1n) is 7.89. The van der Waals surface area contributed by atoms with Gasteiger partial charge in [-0.1, -0.05) is 32.6 Å². The quantitative estimate of drug-likeness (QED) is 0.896. The fraction of sp³-hybridized carbons (Fsp3) is 0.750. The van der Waals surface area contributed by atoms with Crippen molar-refractivity contribution in [2.24, 2.45) is 11.8 Å². The van der Waals surface area contributed by atoms with E-state index in [4.69, 9.17) is 0 Å². The number of nitrogens with one attached hydrogen (secondary N) is 1. The average molecular weight is 277 g/mol. The van der Waals surface area contributed by atoms with Crippen LogP contribution in [0.15, 0.2) is 17.2 Å². The van der Waals surface area contributed by atoms with Gasteiger partial charge in [0.25, 0.3) is 5.56 Å². The molecular weight excluding hydrogens is 250 g/mol. The maximum absolute atomic E-state index is 12.2. The summed E-state index contributed by atoms with van der Waals surface area (Å²) in [5.74, 6) is 2.20. The Morgan fingerprint density at radius 3 is 2.70 bits per heavy atom. The summed E-state index contributed by atoms with van der Waals surface area (Å²) in [6.07, 6.45) is 9.97. The van der Waals surface area contributed by atoms with Crippen LogP contribution in [-0.4, -0.2) is 16.1 Å². The Morgan fingerprint density at radius 1 is 1.35 bits per heavy atom.